The molecule has 1 nitrogen and oxygen atoms in total. The van der Waals surface area contributed by atoms with Gasteiger partial charge in [0.25, 0.3) is 0 Å². The van der Waals surface area contributed by atoms with Crippen molar-refractivity contribution in [1.82, 2.24) is 0 Å². The second-order valence-electron chi connectivity index (χ2n) is 6.11. The molecule has 0 unspecified atom stereocenters. The number of aliphatic hydroxyl groups is 1. The van der Waals surface area contributed by atoms with Crippen LogP contribution in [0.15, 0.2) is 42.0 Å². The molecule has 1 fully saturated rings. The Balaban J connectivity index is 1.94. The normalized spacial score (nSPS) is 31.8. The molecule has 0 radical (unpaired) electrons. The lowest BCUT2D eigenvalue weighted by molar-refractivity contribution is -0.0413. The van der Waals surface area contributed by atoms with E-state index in [1.54, 1.807) is 0 Å². The van der Waals surface area contributed by atoms with Gasteiger partial charge in [0.05, 0.1) is 5.60 Å². The monoisotopic (exact) mass is 256 g/mol. The molecule has 0 aromatic heterocycles. The molecule has 2 aliphatic rings. The van der Waals surface area contributed by atoms with E-state index < -0.39 is 5.60 Å². The first-order valence-electron chi connectivity index (χ1n) is 7.77. The Bertz CT molecular complexity index is 448. The van der Waals surface area contributed by atoms with Crippen molar-refractivity contribution in [1.29, 1.82) is 0 Å². The molecule has 0 bridgehead atoms. The van der Waals surface area contributed by atoms with Gasteiger partial charge < -0.3 is 5.11 Å². The molecule has 0 amide bonds. The molecule has 2 aliphatic carbocycles. The number of rotatable bonds is 2. The maximum atomic E-state index is 11.3. The van der Waals surface area contributed by atoms with Crippen LogP contribution in [0.3, 0.4) is 0 Å². The van der Waals surface area contributed by atoms with Crippen LogP contribution in [-0.2, 0) is 5.60 Å². The van der Waals surface area contributed by atoms with Gasteiger partial charge >= 0.3 is 0 Å². The molecule has 3 rings (SSSR count). The zero-order valence-electron chi connectivity index (χ0n) is 11.6. The third-order valence-electron chi connectivity index (χ3n) is 4.92. The van der Waals surface area contributed by atoms with Crippen molar-refractivity contribution in [3.05, 3.63) is 47.5 Å². The molecule has 0 spiro atoms. The second kappa shape index (κ2) is 5.50. The highest BCUT2D eigenvalue weighted by atomic mass is 16.3. The van der Waals surface area contributed by atoms with Crippen molar-refractivity contribution in [3.63, 3.8) is 0 Å². The summed E-state index contributed by atoms with van der Waals surface area (Å²) >= 11 is 0. The van der Waals surface area contributed by atoms with E-state index in [0.29, 0.717) is 5.92 Å². The largest absolute Gasteiger partial charge is 0.385 e. The minimum Gasteiger partial charge on any atom is -0.385 e. The minimum atomic E-state index is -0.622. The Morgan fingerprint density at radius 3 is 2.58 bits per heavy atom. The maximum Gasteiger partial charge on any atom is 0.0961 e. The van der Waals surface area contributed by atoms with Crippen LogP contribution >= 0.6 is 0 Å². The summed E-state index contributed by atoms with van der Waals surface area (Å²) in [6.45, 7) is 0. The van der Waals surface area contributed by atoms with Gasteiger partial charge in [-0.3, -0.25) is 0 Å². The average molecular weight is 256 g/mol. The number of hydrogen-bond acceptors (Lipinski definition) is 1. The van der Waals surface area contributed by atoms with E-state index in [2.05, 4.69) is 18.2 Å². The van der Waals surface area contributed by atoms with E-state index in [4.69, 9.17) is 0 Å². The molecule has 0 heterocycles. The van der Waals surface area contributed by atoms with Crippen molar-refractivity contribution < 1.29 is 5.11 Å². The maximum absolute atomic E-state index is 11.3. The molecule has 1 heteroatoms. The summed E-state index contributed by atoms with van der Waals surface area (Å²) < 4.78 is 0. The fourth-order valence-corrected chi connectivity index (χ4v) is 3.90. The highest BCUT2D eigenvalue weighted by Crippen LogP contribution is 2.47. The Morgan fingerprint density at radius 1 is 1.00 bits per heavy atom. The van der Waals surface area contributed by atoms with Crippen LogP contribution in [0.4, 0.5) is 0 Å². The predicted octanol–water partition coefficient (Wildman–Crippen LogP) is 4.56. The first-order chi connectivity index (χ1) is 9.31. The third kappa shape index (κ3) is 2.49. The smallest absolute Gasteiger partial charge is 0.0961 e. The van der Waals surface area contributed by atoms with Gasteiger partial charge in [-0.25, -0.2) is 0 Å². The fraction of sp³-hybridized carbons (Fsp3) is 0.556. The zero-order valence-corrected chi connectivity index (χ0v) is 11.6. The summed E-state index contributed by atoms with van der Waals surface area (Å²) in [4.78, 5) is 0. The molecule has 0 saturated heterocycles. The second-order valence-corrected chi connectivity index (χ2v) is 6.11. The first-order valence-corrected chi connectivity index (χ1v) is 7.77. The molecule has 1 aromatic rings. The summed E-state index contributed by atoms with van der Waals surface area (Å²) in [5.74, 6) is 0.351. The van der Waals surface area contributed by atoms with Crippen molar-refractivity contribution in [2.45, 2.75) is 57.0 Å². The lowest BCUT2D eigenvalue weighted by Gasteiger charge is -2.42. The number of benzene rings is 1. The summed E-state index contributed by atoms with van der Waals surface area (Å²) in [7, 11) is 0. The Kier molecular flexibility index (Phi) is 3.74. The van der Waals surface area contributed by atoms with Crippen LogP contribution in [0, 0.1) is 5.92 Å². The standard InChI is InChI=1S/C18H24O/c19-18(16-11-5-2-6-12-16)14-8-7-13-17(18)15-9-3-1-4-10-15/h2,5-6,9,11-12,17,19H,1,3-4,7-8,10,13-14H2/t17-,18-/m1/s1. The highest BCUT2D eigenvalue weighted by Gasteiger charge is 2.41. The number of hydrogen-bond donors (Lipinski definition) is 1. The molecule has 102 valence electrons. The molecular weight excluding hydrogens is 232 g/mol. The van der Waals surface area contributed by atoms with Gasteiger partial charge in [0.15, 0.2) is 0 Å². The Morgan fingerprint density at radius 2 is 1.84 bits per heavy atom. The zero-order chi connectivity index (χ0) is 13.1. The van der Waals surface area contributed by atoms with Crippen molar-refractivity contribution >= 4 is 0 Å². The van der Waals surface area contributed by atoms with Crippen molar-refractivity contribution in [2.24, 2.45) is 5.92 Å². The molecular formula is C18H24O. The lowest BCUT2D eigenvalue weighted by atomic mass is 9.67. The van der Waals surface area contributed by atoms with Gasteiger partial charge in [0.2, 0.25) is 0 Å². The van der Waals surface area contributed by atoms with Gasteiger partial charge in [-0.2, -0.15) is 0 Å². The fourth-order valence-electron chi connectivity index (χ4n) is 3.90. The summed E-state index contributed by atoms with van der Waals surface area (Å²) in [5.41, 5.74) is 2.02. The molecule has 2 atom stereocenters. The summed E-state index contributed by atoms with van der Waals surface area (Å²) in [6.07, 6.45) is 11.9. The van der Waals surface area contributed by atoms with Gasteiger partial charge in [0, 0.05) is 5.92 Å². The Labute approximate surface area is 116 Å². The van der Waals surface area contributed by atoms with Crippen LogP contribution in [0.1, 0.15) is 56.9 Å². The molecule has 19 heavy (non-hydrogen) atoms. The minimum absolute atomic E-state index is 0.351. The molecule has 1 N–H and O–H groups in total. The van der Waals surface area contributed by atoms with Crippen molar-refractivity contribution in [3.8, 4) is 0 Å². The third-order valence-corrected chi connectivity index (χ3v) is 4.92. The van der Waals surface area contributed by atoms with E-state index in [9.17, 15) is 5.11 Å². The molecule has 1 saturated carbocycles. The van der Waals surface area contributed by atoms with Crippen LogP contribution in [-0.4, -0.2) is 5.11 Å². The topological polar surface area (TPSA) is 20.2 Å². The van der Waals surface area contributed by atoms with Crippen LogP contribution in [0.25, 0.3) is 0 Å². The van der Waals surface area contributed by atoms with E-state index in [1.165, 1.54) is 37.7 Å². The van der Waals surface area contributed by atoms with E-state index in [0.717, 1.165) is 24.8 Å². The summed E-state index contributed by atoms with van der Waals surface area (Å²) in [5, 5.41) is 11.3. The van der Waals surface area contributed by atoms with Crippen LogP contribution in [0.5, 0.6) is 0 Å². The van der Waals surface area contributed by atoms with Crippen LogP contribution < -0.4 is 0 Å². The van der Waals surface area contributed by atoms with Gasteiger partial charge in [-0.05, 0) is 44.1 Å². The van der Waals surface area contributed by atoms with Crippen LogP contribution in [0.2, 0.25) is 0 Å². The highest BCUT2D eigenvalue weighted by molar-refractivity contribution is 5.28. The van der Waals surface area contributed by atoms with Crippen molar-refractivity contribution in [2.75, 3.05) is 0 Å². The van der Waals surface area contributed by atoms with Gasteiger partial charge in [-0.15, -0.1) is 0 Å². The quantitative estimate of drug-likeness (QED) is 0.769. The predicted molar refractivity (Wildman–Crippen MR) is 78.8 cm³/mol. The summed E-state index contributed by atoms with van der Waals surface area (Å²) in [6, 6.07) is 10.3. The first kappa shape index (κ1) is 12.9. The number of allylic oxidation sites excluding steroid dienone is 1. The van der Waals surface area contributed by atoms with E-state index in [1.807, 2.05) is 18.2 Å². The van der Waals surface area contributed by atoms with Gasteiger partial charge in [0.1, 0.15) is 0 Å². The molecule has 1 aromatic carbocycles. The van der Waals surface area contributed by atoms with E-state index >= 15 is 0 Å². The van der Waals surface area contributed by atoms with E-state index in [-0.39, 0.29) is 0 Å². The molecule has 0 aliphatic heterocycles. The Hall–Kier alpha value is -1.08. The van der Waals surface area contributed by atoms with Gasteiger partial charge in [-0.1, -0.05) is 54.8 Å². The average Bonchev–Trinajstić information content (AvgIpc) is 2.49. The SMILES string of the molecule is O[C@@]1(c2ccccc2)CCCC[C@@H]1C1=CCCCC1. The lowest BCUT2D eigenvalue weighted by Crippen LogP contribution is -2.39.